The number of benzene rings is 3. The van der Waals surface area contributed by atoms with E-state index in [0.29, 0.717) is 11.1 Å². The molecule has 0 fully saturated rings. The van der Waals surface area contributed by atoms with Gasteiger partial charge in [0.25, 0.3) is 0 Å². The van der Waals surface area contributed by atoms with Crippen molar-refractivity contribution in [1.82, 2.24) is 0 Å². The second kappa shape index (κ2) is 5.89. The molecule has 1 aliphatic rings. The van der Waals surface area contributed by atoms with Crippen LogP contribution in [0.1, 0.15) is 39.9 Å². The van der Waals surface area contributed by atoms with E-state index in [1.807, 2.05) is 72.8 Å². The van der Waals surface area contributed by atoms with Crippen LogP contribution in [0.5, 0.6) is 0 Å². The highest BCUT2D eigenvalue weighted by Gasteiger charge is 2.27. The predicted molar refractivity (Wildman–Crippen MR) is 97.4 cm³/mol. The van der Waals surface area contributed by atoms with Crippen molar-refractivity contribution in [2.45, 2.75) is 12.8 Å². The van der Waals surface area contributed by atoms with Crippen LogP contribution in [0.3, 0.4) is 0 Å². The van der Waals surface area contributed by atoms with E-state index in [0.717, 1.165) is 17.0 Å². The van der Waals surface area contributed by atoms with Gasteiger partial charge in [-0.2, -0.15) is 0 Å². The van der Waals surface area contributed by atoms with E-state index in [2.05, 4.69) is 13.0 Å². The van der Waals surface area contributed by atoms with Crippen molar-refractivity contribution in [2.75, 3.05) is 0 Å². The molecule has 1 atom stereocenters. The van der Waals surface area contributed by atoms with E-state index in [-0.39, 0.29) is 11.7 Å². The summed E-state index contributed by atoms with van der Waals surface area (Å²) in [6.45, 7) is 2.15. The Morgan fingerprint density at radius 2 is 1.50 bits per heavy atom. The molecule has 0 aliphatic carbocycles. The van der Waals surface area contributed by atoms with Gasteiger partial charge >= 0.3 is 0 Å². The molecule has 0 saturated heterocycles. The molecule has 0 aromatic heterocycles. The first kappa shape index (κ1) is 14.6. The fraction of sp³-hybridized carbons (Fsp3) is 0.0909. The Kier molecular flexibility index (Phi) is 3.58. The van der Waals surface area contributed by atoms with E-state index >= 15 is 0 Å². The summed E-state index contributed by atoms with van der Waals surface area (Å²) in [5, 5.41) is 0. The lowest BCUT2D eigenvalue weighted by Crippen LogP contribution is -2.13. The average molecular weight is 311 g/mol. The molecular weight excluding hydrogens is 294 g/mol. The number of hydrogen-bond donors (Lipinski definition) is 0. The Hall–Kier alpha value is -3.00. The summed E-state index contributed by atoms with van der Waals surface area (Å²) >= 11 is 0. The molecule has 1 aliphatic heterocycles. The number of fused-ring (bicyclic) bond motifs is 1. The van der Waals surface area contributed by atoms with Crippen molar-refractivity contribution in [2.24, 2.45) is 4.99 Å². The highest BCUT2D eigenvalue weighted by atomic mass is 16.1. The monoisotopic (exact) mass is 311 g/mol. The molecular formula is C22H17NO. The van der Waals surface area contributed by atoms with Crippen LogP contribution in [0.15, 0.2) is 83.9 Å². The van der Waals surface area contributed by atoms with Crippen molar-refractivity contribution in [1.29, 1.82) is 0 Å². The average Bonchev–Trinajstić information content (AvgIpc) is 2.99. The van der Waals surface area contributed by atoms with Crippen LogP contribution in [-0.2, 0) is 0 Å². The summed E-state index contributed by atoms with van der Waals surface area (Å²) in [6.07, 6.45) is 0. The molecule has 2 heteroatoms. The maximum absolute atomic E-state index is 12.9. The number of aliphatic imine (C=N–C) groups is 1. The zero-order valence-corrected chi connectivity index (χ0v) is 13.4. The smallest absolute Gasteiger partial charge is 0.193 e. The highest BCUT2D eigenvalue weighted by Crippen LogP contribution is 2.37. The molecule has 3 aromatic carbocycles. The van der Waals surface area contributed by atoms with E-state index < -0.39 is 0 Å². The minimum absolute atomic E-state index is 0.0389. The Morgan fingerprint density at radius 1 is 0.833 bits per heavy atom. The number of carbonyl (C=O) groups excluding carboxylic acids is 1. The molecule has 0 amide bonds. The van der Waals surface area contributed by atoms with Crippen LogP contribution >= 0.6 is 0 Å². The van der Waals surface area contributed by atoms with Crippen LogP contribution in [0.25, 0.3) is 0 Å². The largest absolute Gasteiger partial charge is 0.289 e. The molecule has 1 unspecified atom stereocenters. The van der Waals surface area contributed by atoms with Gasteiger partial charge in [-0.25, -0.2) is 0 Å². The van der Waals surface area contributed by atoms with Gasteiger partial charge in [0.15, 0.2) is 5.78 Å². The van der Waals surface area contributed by atoms with Gasteiger partial charge in [-0.3, -0.25) is 9.79 Å². The van der Waals surface area contributed by atoms with Gasteiger partial charge in [-0.1, -0.05) is 79.7 Å². The summed E-state index contributed by atoms with van der Waals surface area (Å²) in [7, 11) is 0. The normalized spacial score (nSPS) is 15.7. The summed E-state index contributed by atoms with van der Waals surface area (Å²) in [5.74, 6) is 0.225. The van der Waals surface area contributed by atoms with Gasteiger partial charge < -0.3 is 0 Å². The topological polar surface area (TPSA) is 29.4 Å². The number of rotatable bonds is 3. The fourth-order valence-corrected chi connectivity index (χ4v) is 3.27. The molecule has 2 nitrogen and oxygen atoms in total. The van der Waals surface area contributed by atoms with Crippen molar-refractivity contribution < 1.29 is 4.79 Å². The maximum Gasteiger partial charge on any atom is 0.193 e. The van der Waals surface area contributed by atoms with Crippen LogP contribution in [-0.4, -0.2) is 11.5 Å². The van der Waals surface area contributed by atoms with Crippen LogP contribution in [0, 0.1) is 0 Å². The van der Waals surface area contributed by atoms with Crippen LogP contribution in [0.4, 0.5) is 5.69 Å². The first-order chi connectivity index (χ1) is 11.8. The number of para-hydroxylation sites is 1. The first-order valence-corrected chi connectivity index (χ1v) is 8.12. The molecule has 116 valence electrons. The molecule has 1 heterocycles. The standard InChI is InChI=1S/C22H17NO/c1-15-17-11-7-8-14-20(17)23-21(15)18-12-5-6-13-19(18)22(24)16-9-3-2-4-10-16/h2-15H,1H3. The highest BCUT2D eigenvalue weighted by molar-refractivity contribution is 6.19. The second-order valence-electron chi connectivity index (χ2n) is 6.02. The molecule has 0 N–H and O–H groups in total. The Bertz CT molecular complexity index is 941. The Labute approximate surface area is 141 Å². The Morgan fingerprint density at radius 3 is 2.29 bits per heavy atom. The number of nitrogens with zero attached hydrogens (tertiary/aromatic N) is 1. The van der Waals surface area contributed by atoms with Crippen molar-refractivity contribution in [3.05, 3.63) is 101 Å². The van der Waals surface area contributed by atoms with E-state index in [1.165, 1.54) is 5.56 Å². The zero-order chi connectivity index (χ0) is 16.5. The van der Waals surface area contributed by atoms with Gasteiger partial charge in [0, 0.05) is 22.6 Å². The minimum atomic E-state index is 0.0389. The minimum Gasteiger partial charge on any atom is -0.289 e. The quantitative estimate of drug-likeness (QED) is 0.615. The van der Waals surface area contributed by atoms with Gasteiger partial charge in [0.1, 0.15) is 0 Å². The molecule has 4 rings (SSSR count). The van der Waals surface area contributed by atoms with Gasteiger partial charge in [-0.15, -0.1) is 0 Å². The summed E-state index contributed by atoms with van der Waals surface area (Å²) < 4.78 is 0. The number of ketones is 1. The van der Waals surface area contributed by atoms with Gasteiger partial charge in [0.2, 0.25) is 0 Å². The van der Waals surface area contributed by atoms with Gasteiger partial charge in [-0.05, 0) is 11.6 Å². The molecule has 0 saturated carbocycles. The zero-order valence-electron chi connectivity index (χ0n) is 13.4. The third-order valence-electron chi connectivity index (χ3n) is 4.54. The van der Waals surface area contributed by atoms with Crippen molar-refractivity contribution in [3.8, 4) is 0 Å². The summed E-state index contributed by atoms with van der Waals surface area (Å²) in [5.41, 5.74) is 5.53. The molecule has 0 radical (unpaired) electrons. The second-order valence-corrected chi connectivity index (χ2v) is 6.02. The summed E-state index contributed by atoms with van der Waals surface area (Å²) in [6, 6.07) is 25.3. The fourth-order valence-electron chi connectivity index (χ4n) is 3.27. The Balaban J connectivity index is 1.81. The maximum atomic E-state index is 12.9. The van der Waals surface area contributed by atoms with E-state index in [1.54, 1.807) is 0 Å². The molecule has 0 spiro atoms. The lowest BCUT2D eigenvalue weighted by Gasteiger charge is -2.13. The first-order valence-electron chi connectivity index (χ1n) is 8.12. The molecule has 0 bridgehead atoms. The van der Waals surface area contributed by atoms with Crippen molar-refractivity contribution >= 4 is 17.2 Å². The lowest BCUT2D eigenvalue weighted by molar-refractivity contribution is 0.103. The third kappa shape index (κ3) is 2.37. The summed E-state index contributed by atoms with van der Waals surface area (Å²) in [4.78, 5) is 17.8. The number of hydrogen-bond acceptors (Lipinski definition) is 2. The molecule has 24 heavy (non-hydrogen) atoms. The molecule has 3 aromatic rings. The number of carbonyl (C=O) groups is 1. The lowest BCUT2D eigenvalue weighted by atomic mass is 9.89. The van der Waals surface area contributed by atoms with Crippen LogP contribution in [0.2, 0.25) is 0 Å². The van der Waals surface area contributed by atoms with Gasteiger partial charge in [0.05, 0.1) is 11.4 Å². The van der Waals surface area contributed by atoms with Crippen molar-refractivity contribution in [3.63, 3.8) is 0 Å². The third-order valence-corrected chi connectivity index (χ3v) is 4.54. The van der Waals surface area contributed by atoms with E-state index in [9.17, 15) is 4.79 Å². The SMILES string of the molecule is CC1C(c2ccccc2C(=O)c2ccccc2)=Nc2ccccc21. The van der Waals surface area contributed by atoms with E-state index in [4.69, 9.17) is 4.99 Å². The van der Waals surface area contributed by atoms with Crippen LogP contribution < -0.4 is 0 Å². The predicted octanol–water partition coefficient (Wildman–Crippen LogP) is 5.16.